The summed E-state index contributed by atoms with van der Waals surface area (Å²) in [6, 6.07) is 10.9. The largest absolute Gasteiger partial charge is 0.298 e. The van der Waals surface area contributed by atoms with Crippen molar-refractivity contribution in [3.05, 3.63) is 64.4 Å². The average molecular weight is 399 g/mol. The lowest BCUT2D eigenvalue weighted by atomic mass is 10.1. The summed E-state index contributed by atoms with van der Waals surface area (Å²) in [5, 5.41) is 10.3. The summed E-state index contributed by atoms with van der Waals surface area (Å²) in [6.45, 7) is 3.94. The number of halogens is 2. The van der Waals surface area contributed by atoms with Crippen molar-refractivity contribution in [3.63, 3.8) is 0 Å². The van der Waals surface area contributed by atoms with Crippen molar-refractivity contribution in [3.8, 4) is 11.3 Å². The third kappa shape index (κ3) is 3.36. The van der Waals surface area contributed by atoms with Gasteiger partial charge in [-0.3, -0.25) is 14.5 Å². The van der Waals surface area contributed by atoms with Crippen LogP contribution in [0.3, 0.4) is 0 Å². The number of fused-ring (bicyclic) bond motifs is 1. The van der Waals surface area contributed by atoms with Gasteiger partial charge in [0.15, 0.2) is 10.8 Å². The van der Waals surface area contributed by atoms with Crippen LogP contribution >= 0.6 is 11.3 Å². The number of carbonyl (C=O) groups excluding carboxylic acids is 1. The molecular weight excluding hydrogens is 384 g/mol. The van der Waals surface area contributed by atoms with E-state index in [2.05, 4.69) is 20.5 Å². The fourth-order valence-corrected chi connectivity index (χ4v) is 3.62. The summed E-state index contributed by atoms with van der Waals surface area (Å²) >= 11 is 1.36. The van der Waals surface area contributed by atoms with Gasteiger partial charge in [-0.15, -0.1) is 21.5 Å². The van der Waals surface area contributed by atoms with Crippen molar-refractivity contribution >= 4 is 28.0 Å². The number of pyridine rings is 1. The number of hydrogen-bond donors (Lipinski definition) is 1. The highest BCUT2D eigenvalue weighted by Crippen LogP contribution is 2.30. The number of carbonyl (C=O) groups is 1. The molecule has 0 radical (unpaired) electrons. The Balaban J connectivity index is 1.60. The molecule has 4 rings (SSSR count). The quantitative estimate of drug-likeness (QED) is 0.542. The van der Waals surface area contributed by atoms with Crippen molar-refractivity contribution < 1.29 is 13.6 Å². The molecule has 0 aliphatic heterocycles. The van der Waals surface area contributed by atoms with Crippen molar-refractivity contribution in [2.75, 3.05) is 5.32 Å². The Bertz CT molecular complexity index is 1170. The zero-order chi connectivity index (χ0) is 19.8. The SMILES string of the molecule is Cc1ccc(-c2nc(NC(=O)c3ccc4nnc(C(F)F)n4c3)sc2C)cc1. The first-order valence-electron chi connectivity index (χ1n) is 8.41. The van der Waals surface area contributed by atoms with E-state index in [0.717, 1.165) is 26.1 Å². The summed E-state index contributed by atoms with van der Waals surface area (Å²) < 4.78 is 27.1. The Kier molecular flexibility index (Phi) is 4.60. The third-order valence-electron chi connectivity index (χ3n) is 4.23. The van der Waals surface area contributed by atoms with Gasteiger partial charge in [0, 0.05) is 16.6 Å². The highest BCUT2D eigenvalue weighted by molar-refractivity contribution is 7.16. The van der Waals surface area contributed by atoms with Crippen LogP contribution in [0.25, 0.3) is 16.9 Å². The molecule has 0 spiro atoms. The smallest absolute Gasteiger partial charge is 0.297 e. The lowest BCUT2D eigenvalue weighted by Gasteiger charge is -2.04. The topological polar surface area (TPSA) is 72.2 Å². The maximum Gasteiger partial charge on any atom is 0.297 e. The molecule has 0 aliphatic rings. The number of aryl methyl sites for hydroxylation is 2. The van der Waals surface area contributed by atoms with E-state index < -0.39 is 18.2 Å². The highest BCUT2D eigenvalue weighted by atomic mass is 32.1. The molecule has 3 aromatic heterocycles. The Morgan fingerprint density at radius 2 is 1.86 bits per heavy atom. The molecule has 1 amide bonds. The van der Waals surface area contributed by atoms with Gasteiger partial charge in [0.25, 0.3) is 12.3 Å². The second-order valence-electron chi connectivity index (χ2n) is 6.25. The number of benzene rings is 1. The van der Waals surface area contributed by atoms with Gasteiger partial charge in [0.1, 0.15) is 0 Å². The zero-order valence-corrected chi connectivity index (χ0v) is 15.8. The monoisotopic (exact) mass is 399 g/mol. The van der Waals surface area contributed by atoms with Gasteiger partial charge in [-0.1, -0.05) is 29.8 Å². The molecule has 3 heterocycles. The van der Waals surface area contributed by atoms with E-state index in [1.807, 2.05) is 38.1 Å². The molecule has 0 saturated carbocycles. The van der Waals surface area contributed by atoms with Crippen LogP contribution in [0.15, 0.2) is 42.6 Å². The van der Waals surface area contributed by atoms with E-state index in [0.29, 0.717) is 5.13 Å². The lowest BCUT2D eigenvalue weighted by Crippen LogP contribution is -2.12. The molecule has 28 heavy (non-hydrogen) atoms. The maximum absolute atomic E-state index is 13.0. The summed E-state index contributed by atoms with van der Waals surface area (Å²) in [4.78, 5) is 18.1. The van der Waals surface area contributed by atoms with Gasteiger partial charge in [-0.05, 0) is 26.0 Å². The van der Waals surface area contributed by atoms with Gasteiger partial charge < -0.3 is 0 Å². The molecule has 4 aromatic rings. The Labute approximate surface area is 162 Å². The van der Waals surface area contributed by atoms with Gasteiger partial charge in [-0.2, -0.15) is 0 Å². The molecule has 0 fully saturated rings. The molecule has 9 heteroatoms. The maximum atomic E-state index is 13.0. The fraction of sp³-hybridized carbons (Fsp3) is 0.158. The zero-order valence-electron chi connectivity index (χ0n) is 15.0. The second kappa shape index (κ2) is 7.08. The standard InChI is InChI=1S/C19H15F2N5OS/c1-10-3-5-12(6-4-10)15-11(2)28-19(22-15)23-18(27)13-7-8-14-24-25-17(16(20)21)26(14)9-13/h3-9,16H,1-2H3,(H,22,23,27). The predicted octanol–water partition coefficient (Wildman–Crippen LogP) is 4.66. The minimum absolute atomic E-state index is 0.207. The molecule has 0 aliphatic carbocycles. The number of thiazole rings is 1. The number of nitrogens with one attached hydrogen (secondary N) is 1. The number of anilines is 1. The van der Waals surface area contributed by atoms with Crippen LogP contribution in [0.2, 0.25) is 0 Å². The van der Waals surface area contributed by atoms with E-state index in [-0.39, 0.29) is 11.2 Å². The van der Waals surface area contributed by atoms with Crippen LogP contribution in [0, 0.1) is 13.8 Å². The van der Waals surface area contributed by atoms with Crippen LogP contribution in [0.1, 0.15) is 33.0 Å². The van der Waals surface area contributed by atoms with E-state index in [4.69, 9.17) is 0 Å². The molecule has 142 valence electrons. The Morgan fingerprint density at radius 3 is 2.57 bits per heavy atom. The average Bonchev–Trinajstić information content (AvgIpc) is 3.25. The molecule has 1 N–H and O–H groups in total. The van der Waals surface area contributed by atoms with E-state index >= 15 is 0 Å². The summed E-state index contributed by atoms with van der Waals surface area (Å²) in [5.74, 6) is -0.948. The number of rotatable bonds is 4. The second-order valence-corrected chi connectivity index (χ2v) is 7.45. The van der Waals surface area contributed by atoms with Crippen LogP contribution in [-0.4, -0.2) is 25.5 Å². The molecule has 0 unspecified atom stereocenters. The minimum atomic E-state index is -2.79. The first kappa shape index (κ1) is 18.2. The number of alkyl halides is 2. The number of aromatic nitrogens is 4. The first-order valence-corrected chi connectivity index (χ1v) is 9.22. The Hall–Kier alpha value is -3.20. The summed E-state index contributed by atoms with van der Waals surface area (Å²) in [5.41, 5.74) is 3.37. The van der Waals surface area contributed by atoms with Crippen LogP contribution < -0.4 is 5.32 Å². The molecule has 0 atom stereocenters. The van der Waals surface area contributed by atoms with Crippen molar-refractivity contribution in [2.24, 2.45) is 0 Å². The normalized spacial score (nSPS) is 11.3. The first-order chi connectivity index (χ1) is 13.4. The van der Waals surface area contributed by atoms with Crippen molar-refractivity contribution in [2.45, 2.75) is 20.3 Å². The molecule has 0 bridgehead atoms. The molecule has 1 aromatic carbocycles. The van der Waals surface area contributed by atoms with Crippen LogP contribution in [0.5, 0.6) is 0 Å². The third-order valence-corrected chi connectivity index (χ3v) is 5.11. The predicted molar refractivity (Wildman–Crippen MR) is 103 cm³/mol. The summed E-state index contributed by atoms with van der Waals surface area (Å²) in [7, 11) is 0. The number of nitrogens with zero attached hydrogens (tertiary/aromatic N) is 4. The number of hydrogen-bond acceptors (Lipinski definition) is 5. The van der Waals surface area contributed by atoms with Crippen molar-refractivity contribution in [1.29, 1.82) is 0 Å². The van der Waals surface area contributed by atoms with Crippen molar-refractivity contribution in [1.82, 2.24) is 19.6 Å². The number of amides is 1. The van der Waals surface area contributed by atoms with Gasteiger partial charge in [-0.25, -0.2) is 13.8 Å². The molecular formula is C19H15F2N5OS. The fourth-order valence-electron chi connectivity index (χ4n) is 2.79. The highest BCUT2D eigenvalue weighted by Gasteiger charge is 2.18. The summed E-state index contributed by atoms with van der Waals surface area (Å²) in [6.07, 6.45) is -1.49. The van der Waals surface area contributed by atoms with Gasteiger partial charge >= 0.3 is 0 Å². The lowest BCUT2D eigenvalue weighted by molar-refractivity contribution is 0.102. The van der Waals surface area contributed by atoms with Crippen LogP contribution in [-0.2, 0) is 0 Å². The van der Waals surface area contributed by atoms with E-state index in [9.17, 15) is 13.6 Å². The van der Waals surface area contributed by atoms with E-state index in [1.54, 1.807) is 0 Å². The Morgan fingerprint density at radius 1 is 1.11 bits per heavy atom. The van der Waals surface area contributed by atoms with Gasteiger partial charge in [0.2, 0.25) is 5.82 Å². The van der Waals surface area contributed by atoms with E-state index in [1.165, 1.54) is 29.7 Å². The van der Waals surface area contributed by atoms with Crippen LogP contribution in [0.4, 0.5) is 13.9 Å². The molecule has 0 saturated heterocycles. The van der Waals surface area contributed by atoms with Gasteiger partial charge in [0.05, 0.1) is 11.3 Å². The minimum Gasteiger partial charge on any atom is -0.298 e. The molecule has 6 nitrogen and oxygen atoms in total.